The second kappa shape index (κ2) is 11.1. The minimum atomic E-state index is -4.85. The normalized spacial score (nSPS) is 15.9. The van der Waals surface area contributed by atoms with Gasteiger partial charge in [0.2, 0.25) is 5.91 Å². The molecule has 2 aromatic rings. The summed E-state index contributed by atoms with van der Waals surface area (Å²) in [4.78, 5) is 24.3. The van der Waals surface area contributed by atoms with Crippen LogP contribution in [-0.4, -0.2) is 42.8 Å². The molecule has 0 saturated carbocycles. The van der Waals surface area contributed by atoms with E-state index in [1.54, 1.807) is 31.2 Å². The lowest BCUT2D eigenvalue weighted by atomic mass is 9.89. The molecule has 1 atom stereocenters. The number of hydrazone groups is 1. The van der Waals surface area contributed by atoms with E-state index in [0.717, 1.165) is 5.56 Å². The van der Waals surface area contributed by atoms with Gasteiger partial charge in [0.25, 0.3) is 0 Å². The zero-order valence-electron chi connectivity index (χ0n) is 19.5. The van der Waals surface area contributed by atoms with Crippen molar-refractivity contribution in [1.82, 2.24) is 5.01 Å². The Kier molecular flexibility index (Phi) is 8.21. The van der Waals surface area contributed by atoms with Gasteiger partial charge in [0.05, 0.1) is 26.0 Å². The summed E-state index contributed by atoms with van der Waals surface area (Å²) in [6.07, 6.45) is -4.59. The number of hydrogen-bond acceptors (Lipinski definition) is 6. The second-order valence-corrected chi connectivity index (χ2v) is 7.70. The third-order valence-electron chi connectivity index (χ3n) is 5.31. The van der Waals surface area contributed by atoms with Crippen molar-refractivity contribution in [2.75, 3.05) is 19.0 Å². The highest BCUT2D eigenvalue weighted by molar-refractivity contribution is 6.06. The molecule has 0 saturated heterocycles. The van der Waals surface area contributed by atoms with E-state index in [1.807, 2.05) is 6.92 Å². The molecule has 11 heteroatoms. The van der Waals surface area contributed by atoms with Gasteiger partial charge in [-0.3, -0.25) is 10.1 Å². The summed E-state index contributed by atoms with van der Waals surface area (Å²) < 4.78 is 52.0. The number of ether oxygens (including phenoxy) is 3. The fourth-order valence-corrected chi connectivity index (χ4v) is 3.62. The zero-order valence-corrected chi connectivity index (χ0v) is 19.5. The fourth-order valence-electron chi connectivity index (χ4n) is 3.62. The smallest absolute Gasteiger partial charge is 0.493 e. The first-order chi connectivity index (χ1) is 16.6. The number of alkyl halides is 3. The number of methoxy groups -OCH3 is 1. The molecule has 1 N–H and O–H groups in total. The maximum absolute atomic E-state index is 12.7. The van der Waals surface area contributed by atoms with Crippen LogP contribution in [-0.2, 0) is 16.1 Å². The molecule has 1 unspecified atom stereocenters. The Morgan fingerprint density at radius 2 is 1.86 bits per heavy atom. The van der Waals surface area contributed by atoms with Gasteiger partial charge in [-0.25, -0.2) is 9.80 Å². The Morgan fingerprint density at radius 1 is 1.14 bits per heavy atom. The van der Waals surface area contributed by atoms with Crippen molar-refractivity contribution < 1.29 is 37.0 Å². The number of amides is 2. The summed E-state index contributed by atoms with van der Waals surface area (Å²) in [7, 11) is 1.25. The molecule has 1 heterocycles. The number of benzene rings is 2. The van der Waals surface area contributed by atoms with Crippen molar-refractivity contribution in [3.63, 3.8) is 0 Å². The monoisotopic (exact) mass is 493 g/mol. The van der Waals surface area contributed by atoms with E-state index >= 15 is 0 Å². The van der Waals surface area contributed by atoms with E-state index in [1.165, 1.54) is 30.3 Å². The van der Waals surface area contributed by atoms with Crippen molar-refractivity contribution in [3.05, 3.63) is 53.6 Å². The van der Waals surface area contributed by atoms with Gasteiger partial charge in [0, 0.05) is 23.6 Å². The number of halogens is 3. The standard InChI is InChI=1S/C24H26F3N3O5/c1-4-16-13-21(31)30(14-15-6-9-18(10-7-15)28-23(32)34-5-2)29-22(16)17-8-11-19(20(12-17)33-3)35-24(25,26)27/h6-12,16H,4-5,13-14H2,1-3H3,(H,28,32). The van der Waals surface area contributed by atoms with Crippen molar-refractivity contribution in [3.8, 4) is 11.5 Å². The molecular formula is C24H26F3N3O5. The highest BCUT2D eigenvalue weighted by atomic mass is 19.4. The maximum atomic E-state index is 12.7. The number of nitrogens with zero attached hydrogens (tertiary/aromatic N) is 2. The van der Waals surface area contributed by atoms with Crippen LogP contribution in [0.4, 0.5) is 23.7 Å². The maximum Gasteiger partial charge on any atom is 0.573 e. The first kappa shape index (κ1) is 25.9. The summed E-state index contributed by atoms with van der Waals surface area (Å²) in [5.74, 6) is -0.921. The van der Waals surface area contributed by atoms with Gasteiger partial charge < -0.3 is 14.2 Å². The molecule has 8 nitrogen and oxygen atoms in total. The van der Waals surface area contributed by atoms with Crippen LogP contribution in [0.2, 0.25) is 0 Å². The second-order valence-electron chi connectivity index (χ2n) is 7.70. The van der Waals surface area contributed by atoms with Gasteiger partial charge in [-0.05, 0) is 49.2 Å². The zero-order chi connectivity index (χ0) is 25.6. The van der Waals surface area contributed by atoms with E-state index in [9.17, 15) is 22.8 Å². The quantitative estimate of drug-likeness (QED) is 0.537. The lowest BCUT2D eigenvalue weighted by Gasteiger charge is -2.29. The van der Waals surface area contributed by atoms with Crippen LogP contribution in [0.5, 0.6) is 11.5 Å². The molecule has 0 aliphatic carbocycles. The molecule has 0 bridgehead atoms. The highest BCUT2D eigenvalue weighted by Gasteiger charge is 2.33. The molecule has 0 fully saturated rings. The van der Waals surface area contributed by atoms with E-state index in [0.29, 0.717) is 23.4 Å². The predicted octanol–water partition coefficient (Wildman–Crippen LogP) is 5.33. The van der Waals surface area contributed by atoms with Crippen molar-refractivity contribution >= 4 is 23.4 Å². The molecule has 188 valence electrons. The molecule has 0 spiro atoms. The largest absolute Gasteiger partial charge is 0.573 e. The van der Waals surface area contributed by atoms with Crippen molar-refractivity contribution in [2.45, 2.75) is 39.6 Å². The van der Waals surface area contributed by atoms with Crippen LogP contribution in [0.3, 0.4) is 0 Å². The Bertz CT molecular complexity index is 1090. The Hall–Kier alpha value is -3.76. The van der Waals surface area contributed by atoms with Crippen molar-refractivity contribution in [2.24, 2.45) is 11.0 Å². The van der Waals surface area contributed by atoms with Gasteiger partial charge in [-0.1, -0.05) is 19.1 Å². The number of anilines is 1. The molecule has 2 amide bonds. The SMILES string of the molecule is CCOC(=O)Nc1ccc(CN2N=C(c3ccc(OC(F)(F)F)c(OC)c3)C(CC)CC2=O)cc1. The van der Waals surface area contributed by atoms with E-state index < -0.39 is 18.2 Å². The average Bonchev–Trinajstić information content (AvgIpc) is 2.81. The minimum absolute atomic E-state index is 0.0921. The molecule has 1 aliphatic rings. The van der Waals surface area contributed by atoms with Crippen LogP contribution in [0, 0.1) is 5.92 Å². The molecule has 0 radical (unpaired) electrons. The fraction of sp³-hybridized carbons (Fsp3) is 0.375. The first-order valence-electron chi connectivity index (χ1n) is 11.0. The number of carbonyl (C=O) groups is 2. The molecule has 2 aromatic carbocycles. The predicted molar refractivity (Wildman–Crippen MR) is 122 cm³/mol. The molecule has 1 aliphatic heterocycles. The number of carbonyl (C=O) groups excluding carboxylic acids is 2. The van der Waals surface area contributed by atoms with E-state index in [4.69, 9.17) is 9.47 Å². The van der Waals surface area contributed by atoms with E-state index in [2.05, 4.69) is 15.2 Å². The lowest BCUT2D eigenvalue weighted by molar-refractivity contribution is -0.275. The summed E-state index contributed by atoms with van der Waals surface area (Å²) in [5, 5.41) is 8.47. The van der Waals surface area contributed by atoms with Crippen LogP contribution >= 0.6 is 0 Å². The van der Waals surface area contributed by atoms with E-state index in [-0.39, 0.29) is 37.1 Å². The topological polar surface area (TPSA) is 89.5 Å². The van der Waals surface area contributed by atoms with Gasteiger partial charge in [0.15, 0.2) is 11.5 Å². The number of rotatable bonds is 8. The Morgan fingerprint density at radius 3 is 2.46 bits per heavy atom. The Labute approximate surface area is 200 Å². The molecule has 3 rings (SSSR count). The molecule has 35 heavy (non-hydrogen) atoms. The highest BCUT2D eigenvalue weighted by Crippen LogP contribution is 2.35. The minimum Gasteiger partial charge on any atom is -0.493 e. The molecular weight excluding hydrogens is 467 g/mol. The number of hydrogen-bond donors (Lipinski definition) is 1. The summed E-state index contributed by atoms with van der Waals surface area (Å²) in [6.45, 7) is 4.06. The van der Waals surface area contributed by atoms with Crippen LogP contribution in [0.25, 0.3) is 0 Å². The summed E-state index contributed by atoms with van der Waals surface area (Å²) >= 11 is 0. The van der Waals surface area contributed by atoms with Gasteiger partial charge in [-0.15, -0.1) is 13.2 Å². The third kappa shape index (κ3) is 6.87. The summed E-state index contributed by atoms with van der Waals surface area (Å²) in [6, 6.07) is 10.9. The summed E-state index contributed by atoms with van der Waals surface area (Å²) in [5.41, 5.74) is 2.43. The molecule has 0 aromatic heterocycles. The van der Waals surface area contributed by atoms with Crippen LogP contribution in [0.15, 0.2) is 47.6 Å². The van der Waals surface area contributed by atoms with Gasteiger partial charge in [0.1, 0.15) is 0 Å². The third-order valence-corrected chi connectivity index (χ3v) is 5.31. The van der Waals surface area contributed by atoms with Gasteiger partial charge in [-0.2, -0.15) is 5.10 Å². The first-order valence-corrected chi connectivity index (χ1v) is 11.0. The van der Waals surface area contributed by atoms with Crippen LogP contribution < -0.4 is 14.8 Å². The number of nitrogens with one attached hydrogen (secondary N) is 1. The average molecular weight is 493 g/mol. The lowest BCUT2D eigenvalue weighted by Crippen LogP contribution is -2.36. The van der Waals surface area contributed by atoms with Gasteiger partial charge >= 0.3 is 12.5 Å². The van der Waals surface area contributed by atoms with Crippen molar-refractivity contribution in [1.29, 1.82) is 0 Å². The Balaban J connectivity index is 1.84. The van der Waals surface area contributed by atoms with Crippen LogP contribution in [0.1, 0.15) is 37.8 Å².